The van der Waals surface area contributed by atoms with Crippen LogP contribution >= 0.6 is 11.3 Å². The predicted octanol–water partition coefficient (Wildman–Crippen LogP) is 2.73. The van der Waals surface area contributed by atoms with Crippen molar-refractivity contribution in [3.8, 4) is 0 Å². The van der Waals surface area contributed by atoms with Gasteiger partial charge < -0.3 is 15.3 Å². The number of aromatic carboxylic acids is 1. The zero-order chi connectivity index (χ0) is 18.5. The minimum Gasteiger partial charge on any atom is -0.477 e. The molecule has 0 radical (unpaired) electrons. The first-order chi connectivity index (χ1) is 12.5. The molecule has 6 nitrogen and oxygen atoms in total. The van der Waals surface area contributed by atoms with Crippen molar-refractivity contribution < 1.29 is 19.5 Å². The summed E-state index contributed by atoms with van der Waals surface area (Å²) in [5.74, 6) is -1.08. The molecule has 1 aliphatic rings. The van der Waals surface area contributed by atoms with E-state index in [9.17, 15) is 14.4 Å². The van der Waals surface area contributed by atoms with Crippen LogP contribution in [0.25, 0.3) is 0 Å². The van der Waals surface area contributed by atoms with Crippen molar-refractivity contribution in [3.05, 3.63) is 57.8 Å². The Labute approximate surface area is 155 Å². The normalized spacial score (nSPS) is 16.9. The number of piperidine rings is 1. The molecular weight excluding hydrogens is 352 g/mol. The van der Waals surface area contributed by atoms with E-state index >= 15 is 0 Å². The highest BCUT2D eigenvalue weighted by Crippen LogP contribution is 2.22. The second kappa shape index (κ2) is 8.14. The second-order valence-corrected chi connectivity index (χ2v) is 7.39. The Kier molecular flexibility index (Phi) is 5.68. The third-order valence-electron chi connectivity index (χ3n) is 4.42. The zero-order valence-electron chi connectivity index (χ0n) is 14.2. The Morgan fingerprint density at radius 2 is 1.85 bits per heavy atom. The van der Waals surface area contributed by atoms with Crippen molar-refractivity contribution in [2.45, 2.75) is 12.8 Å². The average Bonchev–Trinajstić information content (AvgIpc) is 3.17. The molecule has 1 aromatic heterocycles. The van der Waals surface area contributed by atoms with Gasteiger partial charge in [0.15, 0.2) is 0 Å². The Morgan fingerprint density at radius 3 is 2.54 bits per heavy atom. The lowest BCUT2D eigenvalue weighted by atomic mass is 9.97. The number of rotatable bonds is 5. The van der Waals surface area contributed by atoms with E-state index in [0.29, 0.717) is 30.1 Å². The van der Waals surface area contributed by atoms with Crippen LogP contribution < -0.4 is 5.32 Å². The lowest BCUT2D eigenvalue weighted by molar-refractivity contribution is 0.0673. The minimum absolute atomic E-state index is 0.113. The highest BCUT2D eigenvalue weighted by Gasteiger charge is 2.26. The SMILES string of the molecule is O=C(NCC1CCCN(C(=O)c2ccc(C(=O)O)s2)C1)c1ccccc1. The van der Waals surface area contributed by atoms with E-state index in [1.807, 2.05) is 18.2 Å². The van der Waals surface area contributed by atoms with Gasteiger partial charge in [0.05, 0.1) is 4.88 Å². The molecule has 7 heteroatoms. The summed E-state index contributed by atoms with van der Waals surface area (Å²) in [4.78, 5) is 38.1. The van der Waals surface area contributed by atoms with Crippen LogP contribution in [-0.4, -0.2) is 47.4 Å². The molecule has 1 atom stereocenters. The molecule has 0 aliphatic carbocycles. The van der Waals surface area contributed by atoms with Crippen LogP contribution in [-0.2, 0) is 0 Å². The standard InChI is InChI=1S/C19H20N2O4S/c22-17(14-6-2-1-3-7-14)20-11-13-5-4-10-21(12-13)18(23)15-8-9-16(26-15)19(24)25/h1-3,6-9,13H,4-5,10-12H2,(H,20,22)(H,24,25). The van der Waals surface area contributed by atoms with Gasteiger partial charge in [-0.3, -0.25) is 9.59 Å². The number of carbonyl (C=O) groups excluding carboxylic acids is 2. The quantitative estimate of drug-likeness (QED) is 0.845. The molecule has 3 rings (SSSR count). The maximum atomic E-state index is 12.6. The summed E-state index contributed by atoms with van der Waals surface area (Å²) < 4.78 is 0. The molecule has 1 aromatic carbocycles. The van der Waals surface area contributed by atoms with Crippen molar-refractivity contribution in [2.24, 2.45) is 5.92 Å². The summed E-state index contributed by atoms with van der Waals surface area (Å²) in [6.45, 7) is 1.73. The van der Waals surface area contributed by atoms with E-state index in [2.05, 4.69) is 5.32 Å². The van der Waals surface area contributed by atoms with Gasteiger partial charge in [-0.25, -0.2) is 4.79 Å². The van der Waals surface area contributed by atoms with Crippen LogP contribution in [0.1, 0.15) is 42.5 Å². The first-order valence-corrected chi connectivity index (χ1v) is 9.32. The summed E-state index contributed by atoms with van der Waals surface area (Å²) in [7, 11) is 0. The van der Waals surface area contributed by atoms with Crippen LogP contribution in [0.4, 0.5) is 0 Å². The molecule has 2 aromatic rings. The van der Waals surface area contributed by atoms with Crippen LogP contribution in [0.15, 0.2) is 42.5 Å². The summed E-state index contributed by atoms with van der Waals surface area (Å²) >= 11 is 0.999. The highest BCUT2D eigenvalue weighted by molar-refractivity contribution is 7.15. The van der Waals surface area contributed by atoms with Crippen molar-refractivity contribution >= 4 is 29.1 Å². The topological polar surface area (TPSA) is 86.7 Å². The molecule has 1 unspecified atom stereocenters. The molecule has 2 heterocycles. The molecule has 2 N–H and O–H groups in total. The number of carboxylic acids is 1. The maximum absolute atomic E-state index is 12.6. The largest absolute Gasteiger partial charge is 0.477 e. The van der Waals surface area contributed by atoms with E-state index in [0.717, 1.165) is 24.2 Å². The van der Waals surface area contributed by atoms with E-state index in [1.54, 1.807) is 23.1 Å². The number of nitrogens with zero attached hydrogens (tertiary/aromatic N) is 1. The molecule has 0 spiro atoms. The number of carboxylic acid groups (broad SMARTS) is 1. The molecule has 0 bridgehead atoms. The average molecular weight is 372 g/mol. The number of hydrogen-bond acceptors (Lipinski definition) is 4. The number of hydrogen-bond donors (Lipinski definition) is 2. The fraction of sp³-hybridized carbons (Fsp3) is 0.316. The molecule has 1 saturated heterocycles. The van der Waals surface area contributed by atoms with Gasteiger partial charge >= 0.3 is 5.97 Å². The number of thiophene rings is 1. The molecular formula is C19H20N2O4S. The number of nitrogens with one attached hydrogen (secondary N) is 1. The smallest absolute Gasteiger partial charge is 0.345 e. The molecule has 0 saturated carbocycles. The first kappa shape index (κ1) is 18.1. The number of amides is 2. The number of benzene rings is 1. The lowest BCUT2D eigenvalue weighted by Gasteiger charge is -2.32. The van der Waals surface area contributed by atoms with Crippen LogP contribution in [0.2, 0.25) is 0 Å². The van der Waals surface area contributed by atoms with Gasteiger partial charge in [-0.2, -0.15) is 0 Å². The van der Waals surface area contributed by atoms with Gasteiger partial charge in [-0.1, -0.05) is 18.2 Å². The van der Waals surface area contributed by atoms with Crippen molar-refractivity contribution in [2.75, 3.05) is 19.6 Å². The molecule has 1 fully saturated rings. The van der Waals surface area contributed by atoms with Crippen LogP contribution in [0.5, 0.6) is 0 Å². The lowest BCUT2D eigenvalue weighted by Crippen LogP contribution is -2.43. The summed E-state index contributed by atoms with van der Waals surface area (Å²) in [5, 5.41) is 11.9. The van der Waals surface area contributed by atoms with Crippen molar-refractivity contribution in [1.29, 1.82) is 0 Å². The van der Waals surface area contributed by atoms with Gasteiger partial charge in [0, 0.05) is 25.2 Å². The van der Waals surface area contributed by atoms with Gasteiger partial charge in [0.2, 0.25) is 0 Å². The monoisotopic (exact) mass is 372 g/mol. The fourth-order valence-electron chi connectivity index (χ4n) is 3.07. The van der Waals surface area contributed by atoms with E-state index in [-0.39, 0.29) is 22.6 Å². The summed E-state index contributed by atoms with van der Waals surface area (Å²) in [5.41, 5.74) is 0.621. The van der Waals surface area contributed by atoms with E-state index in [1.165, 1.54) is 6.07 Å². The Balaban J connectivity index is 1.56. The van der Waals surface area contributed by atoms with Crippen molar-refractivity contribution in [1.82, 2.24) is 10.2 Å². The highest BCUT2D eigenvalue weighted by atomic mass is 32.1. The molecule has 1 aliphatic heterocycles. The molecule has 2 amide bonds. The van der Waals surface area contributed by atoms with Crippen LogP contribution in [0, 0.1) is 5.92 Å². The Hall–Kier alpha value is -2.67. The second-order valence-electron chi connectivity index (χ2n) is 6.30. The fourth-order valence-corrected chi connectivity index (χ4v) is 3.88. The van der Waals surface area contributed by atoms with E-state index in [4.69, 9.17) is 5.11 Å². The number of likely N-dealkylation sites (tertiary alicyclic amines) is 1. The van der Waals surface area contributed by atoms with Gasteiger partial charge in [-0.15, -0.1) is 11.3 Å². The van der Waals surface area contributed by atoms with Gasteiger partial charge in [-0.05, 0) is 43.0 Å². The van der Waals surface area contributed by atoms with Gasteiger partial charge in [0.25, 0.3) is 11.8 Å². The Bertz CT molecular complexity index is 803. The summed E-state index contributed by atoms with van der Waals surface area (Å²) in [6.07, 6.45) is 1.82. The Morgan fingerprint density at radius 1 is 1.12 bits per heavy atom. The van der Waals surface area contributed by atoms with Crippen LogP contribution in [0.3, 0.4) is 0 Å². The molecule has 136 valence electrons. The third-order valence-corrected chi connectivity index (χ3v) is 5.48. The van der Waals surface area contributed by atoms with Gasteiger partial charge in [0.1, 0.15) is 4.88 Å². The summed E-state index contributed by atoms with van der Waals surface area (Å²) in [6, 6.07) is 12.1. The van der Waals surface area contributed by atoms with Crippen molar-refractivity contribution in [3.63, 3.8) is 0 Å². The molecule has 26 heavy (non-hydrogen) atoms. The third kappa shape index (κ3) is 4.29. The minimum atomic E-state index is -1.02. The van der Waals surface area contributed by atoms with E-state index < -0.39 is 5.97 Å². The zero-order valence-corrected chi connectivity index (χ0v) is 15.0. The predicted molar refractivity (Wildman–Crippen MR) is 98.7 cm³/mol. The number of carbonyl (C=O) groups is 3. The first-order valence-electron chi connectivity index (χ1n) is 8.50. The maximum Gasteiger partial charge on any atom is 0.345 e.